The van der Waals surface area contributed by atoms with Crippen molar-refractivity contribution in [3.63, 3.8) is 0 Å². The Morgan fingerprint density at radius 2 is 2.31 bits per heavy atom. The van der Waals surface area contributed by atoms with Gasteiger partial charge < -0.3 is 10.1 Å². The maximum Gasteiger partial charge on any atom is 0.358 e. The van der Waals surface area contributed by atoms with Crippen LogP contribution in [-0.4, -0.2) is 36.1 Å². The van der Waals surface area contributed by atoms with E-state index in [2.05, 4.69) is 26.1 Å². The molecule has 1 aliphatic rings. The van der Waals surface area contributed by atoms with Crippen LogP contribution < -0.4 is 5.32 Å². The Balaban J connectivity index is 2.18. The molecule has 5 nitrogen and oxygen atoms in total. The molecule has 1 N–H and O–H groups in total. The van der Waals surface area contributed by atoms with Crippen LogP contribution in [0.1, 0.15) is 22.6 Å². The van der Waals surface area contributed by atoms with Gasteiger partial charge in [0.25, 0.3) is 0 Å². The van der Waals surface area contributed by atoms with Gasteiger partial charge in [0.2, 0.25) is 0 Å². The molecule has 0 radical (unpaired) electrons. The lowest BCUT2D eigenvalue weighted by molar-refractivity contribution is 0.0593. The Kier molecular flexibility index (Phi) is 3.26. The smallest absolute Gasteiger partial charge is 0.358 e. The third kappa shape index (κ3) is 2.25. The average Bonchev–Trinajstić information content (AvgIpc) is 2.39. The van der Waals surface area contributed by atoms with Crippen LogP contribution in [0.2, 0.25) is 0 Å². The molecule has 5 heteroatoms. The molecule has 0 bridgehead atoms. The van der Waals surface area contributed by atoms with Gasteiger partial charge in [-0.05, 0) is 18.5 Å². The molecule has 84 valence electrons. The molecule has 0 amide bonds. The van der Waals surface area contributed by atoms with E-state index >= 15 is 0 Å². The van der Waals surface area contributed by atoms with Crippen LogP contribution >= 0.6 is 0 Å². The summed E-state index contributed by atoms with van der Waals surface area (Å²) in [4.78, 5) is 19.4. The van der Waals surface area contributed by atoms with Crippen molar-refractivity contribution >= 4 is 11.5 Å². The van der Waals surface area contributed by atoms with Gasteiger partial charge in [0.05, 0.1) is 25.2 Å². The van der Waals surface area contributed by atoms with Crippen molar-refractivity contribution < 1.29 is 9.53 Å². The molecule has 0 spiro atoms. The van der Waals surface area contributed by atoms with E-state index in [1.54, 1.807) is 6.20 Å². The van der Waals surface area contributed by atoms with Gasteiger partial charge in [0.1, 0.15) is 0 Å². The number of rotatable bonds is 2. The molecule has 1 aromatic heterocycles. The fraction of sp³-hybridized carbons (Fsp3) is 0.364. The molecule has 0 fully saturated rings. The Bertz CT molecular complexity index is 412. The number of esters is 1. The largest absolute Gasteiger partial charge is 0.464 e. The minimum atomic E-state index is -0.460. The minimum Gasteiger partial charge on any atom is -0.464 e. The lowest BCUT2D eigenvalue weighted by atomic mass is 10.1. The number of carbonyl (C=O) groups is 1. The zero-order valence-electron chi connectivity index (χ0n) is 9.06. The first-order valence-corrected chi connectivity index (χ1v) is 5.12. The van der Waals surface area contributed by atoms with Crippen molar-refractivity contribution in [3.05, 3.63) is 29.9 Å². The van der Waals surface area contributed by atoms with Crippen molar-refractivity contribution in [1.29, 1.82) is 0 Å². The van der Waals surface area contributed by atoms with Gasteiger partial charge in [0.15, 0.2) is 5.69 Å². The number of nitrogens with zero attached hydrogens (tertiary/aromatic N) is 2. The maximum atomic E-state index is 11.2. The van der Waals surface area contributed by atoms with E-state index in [1.807, 2.05) is 0 Å². The Hall–Kier alpha value is -1.75. The summed E-state index contributed by atoms with van der Waals surface area (Å²) in [7, 11) is 1.33. The second kappa shape index (κ2) is 4.85. The molecule has 0 unspecified atom stereocenters. The van der Waals surface area contributed by atoms with E-state index in [4.69, 9.17) is 0 Å². The number of ether oxygens (including phenoxy) is 1. The van der Waals surface area contributed by atoms with Crippen LogP contribution in [0.4, 0.5) is 0 Å². The number of methoxy groups -OCH3 is 1. The number of nitrogens with one attached hydrogen (secondary N) is 1. The molecule has 16 heavy (non-hydrogen) atoms. The summed E-state index contributed by atoms with van der Waals surface area (Å²) in [6, 6.07) is 0. The van der Waals surface area contributed by atoms with Crippen LogP contribution in [-0.2, 0) is 4.74 Å². The van der Waals surface area contributed by atoms with Gasteiger partial charge in [-0.2, -0.15) is 0 Å². The monoisotopic (exact) mass is 219 g/mol. The number of hydrogen-bond acceptors (Lipinski definition) is 5. The van der Waals surface area contributed by atoms with Crippen LogP contribution in [0.5, 0.6) is 0 Å². The second-order valence-electron chi connectivity index (χ2n) is 3.46. The minimum absolute atomic E-state index is 0.237. The zero-order chi connectivity index (χ0) is 11.4. The molecule has 0 saturated carbocycles. The number of carbonyl (C=O) groups excluding carboxylic acids is 1. The summed E-state index contributed by atoms with van der Waals surface area (Å²) >= 11 is 0. The highest BCUT2D eigenvalue weighted by atomic mass is 16.5. The van der Waals surface area contributed by atoms with E-state index in [1.165, 1.54) is 18.9 Å². The van der Waals surface area contributed by atoms with Crippen LogP contribution in [0.25, 0.3) is 5.57 Å². The fourth-order valence-corrected chi connectivity index (χ4v) is 1.56. The maximum absolute atomic E-state index is 11.2. The van der Waals surface area contributed by atoms with Crippen LogP contribution in [0.15, 0.2) is 18.5 Å². The third-order valence-electron chi connectivity index (χ3n) is 2.44. The van der Waals surface area contributed by atoms with E-state index in [0.717, 1.165) is 25.2 Å². The SMILES string of the molecule is COC(=O)c1cnc(C2=CCNCC2)cn1. The van der Waals surface area contributed by atoms with E-state index < -0.39 is 5.97 Å². The molecule has 0 saturated heterocycles. The molecule has 0 aliphatic carbocycles. The van der Waals surface area contributed by atoms with E-state index in [9.17, 15) is 4.79 Å². The Morgan fingerprint density at radius 3 is 2.88 bits per heavy atom. The summed E-state index contributed by atoms with van der Waals surface area (Å²) in [6.07, 6.45) is 6.09. The van der Waals surface area contributed by atoms with Crippen molar-refractivity contribution in [3.8, 4) is 0 Å². The highest BCUT2D eigenvalue weighted by molar-refractivity contribution is 5.86. The van der Waals surface area contributed by atoms with Crippen molar-refractivity contribution in [1.82, 2.24) is 15.3 Å². The van der Waals surface area contributed by atoms with E-state index in [-0.39, 0.29) is 5.69 Å². The van der Waals surface area contributed by atoms with Crippen molar-refractivity contribution in [2.45, 2.75) is 6.42 Å². The molecule has 2 rings (SSSR count). The first-order chi connectivity index (χ1) is 7.81. The predicted octanol–water partition coefficient (Wildman–Crippen LogP) is 0.640. The van der Waals surface area contributed by atoms with Gasteiger partial charge in [-0.25, -0.2) is 9.78 Å². The first kappa shape index (κ1) is 10.8. The lowest BCUT2D eigenvalue weighted by Gasteiger charge is -2.12. The molecule has 1 aliphatic heterocycles. The fourth-order valence-electron chi connectivity index (χ4n) is 1.56. The Morgan fingerprint density at radius 1 is 1.44 bits per heavy atom. The molecular weight excluding hydrogens is 206 g/mol. The summed E-state index contributed by atoms with van der Waals surface area (Å²) in [5.41, 5.74) is 2.23. The highest BCUT2D eigenvalue weighted by Crippen LogP contribution is 2.16. The lowest BCUT2D eigenvalue weighted by Crippen LogP contribution is -2.20. The predicted molar refractivity (Wildman–Crippen MR) is 58.8 cm³/mol. The van der Waals surface area contributed by atoms with Gasteiger partial charge in [0, 0.05) is 6.54 Å². The summed E-state index contributed by atoms with van der Waals surface area (Å²) in [5.74, 6) is -0.460. The third-order valence-corrected chi connectivity index (χ3v) is 2.44. The van der Waals surface area contributed by atoms with Crippen LogP contribution in [0.3, 0.4) is 0 Å². The summed E-state index contributed by atoms with van der Waals surface area (Å²) in [5, 5.41) is 3.22. The standard InChI is InChI=1S/C11H13N3O2/c1-16-11(15)10-7-13-9(6-14-10)8-2-4-12-5-3-8/h2,6-7,12H,3-5H2,1H3. The summed E-state index contributed by atoms with van der Waals surface area (Å²) in [6.45, 7) is 1.81. The van der Waals surface area contributed by atoms with Gasteiger partial charge in [-0.3, -0.25) is 4.98 Å². The second-order valence-corrected chi connectivity index (χ2v) is 3.46. The van der Waals surface area contributed by atoms with E-state index in [0.29, 0.717) is 0 Å². The summed E-state index contributed by atoms with van der Waals surface area (Å²) < 4.78 is 4.56. The highest BCUT2D eigenvalue weighted by Gasteiger charge is 2.10. The number of hydrogen-bond donors (Lipinski definition) is 1. The van der Waals surface area contributed by atoms with Crippen LogP contribution in [0, 0.1) is 0 Å². The van der Waals surface area contributed by atoms with Gasteiger partial charge in [-0.1, -0.05) is 6.08 Å². The molecule has 0 atom stereocenters. The van der Waals surface area contributed by atoms with Gasteiger partial charge >= 0.3 is 5.97 Å². The Labute approximate surface area is 93.6 Å². The van der Waals surface area contributed by atoms with Crippen molar-refractivity contribution in [2.75, 3.05) is 20.2 Å². The van der Waals surface area contributed by atoms with Gasteiger partial charge in [-0.15, -0.1) is 0 Å². The molecule has 2 heterocycles. The molecule has 0 aromatic carbocycles. The first-order valence-electron chi connectivity index (χ1n) is 5.12. The normalized spacial score (nSPS) is 15.4. The molecule has 1 aromatic rings. The zero-order valence-corrected chi connectivity index (χ0v) is 9.06. The number of aromatic nitrogens is 2. The quantitative estimate of drug-likeness (QED) is 0.739. The molecular formula is C11H13N3O2. The topological polar surface area (TPSA) is 64.1 Å². The average molecular weight is 219 g/mol. The van der Waals surface area contributed by atoms with Crippen molar-refractivity contribution in [2.24, 2.45) is 0 Å².